The van der Waals surface area contributed by atoms with Crippen molar-refractivity contribution in [1.29, 1.82) is 0 Å². The minimum absolute atomic E-state index is 0.0547. The van der Waals surface area contributed by atoms with Crippen LogP contribution in [-0.4, -0.2) is 17.1 Å². The van der Waals surface area contributed by atoms with Gasteiger partial charge in [-0.25, -0.2) is 4.98 Å². The quantitative estimate of drug-likeness (QED) is 0.841. The summed E-state index contributed by atoms with van der Waals surface area (Å²) in [5.41, 5.74) is 5.12. The number of hydrogen-bond acceptors (Lipinski definition) is 3. The lowest BCUT2D eigenvalue weighted by molar-refractivity contribution is -0.137. The van der Waals surface area contributed by atoms with Crippen LogP contribution < -0.4 is 11.1 Å². The number of rotatable bonds is 2. The predicted octanol–water partition coefficient (Wildman–Crippen LogP) is 2.39. The zero-order valence-corrected chi connectivity index (χ0v) is 9.17. The molecule has 3 nitrogen and oxygen atoms in total. The van der Waals surface area contributed by atoms with Gasteiger partial charge in [0.05, 0.1) is 5.56 Å². The standard InChI is InChI=1S/C11H14F3N3/c12-11(13,14)7-4-5-10(16-6-7)17-9-3-1-2-8(9)15/h4-6,8-9H,1-3,15H2,(H,16,17)/t8-,9-/m0/s1. The highest BCUT2D eigenvalue weighted by atomic mass is 19.4. The van der Waals surface area contributed by atoms with E-state index < -0.39 is 11.7 Å². The number of halogens is 3. The Hall–Kier alpha value is -1.30. The van der Waals surface area contributed by atoms with Gasteiger partial charge in [-0.3, -0.25) is 0 Å². The maximum Gasteiger partial charge on any atom is 0.417 e. The lowest BCUT2D eigenvalue weighted by Crippen LogP contribution is -2.35. The Bertz CT molecular complexity index is 375. The van der Waals surface area contributed by atoms with E-state index in [2.05, 4.69) is 10.3 Å². The summed E-state index contributed by atoms with van der Waals surface area (Å²) in [6.07, 6.45) is -0.584. The van der Waals surface area contributed by atoms with Crippen LogP contribution in [0.5, 0.6) is 0 Å². The molecule has 0 unspecified atom stereocenters. The normalized spacial score (nSPS) is 24.9. The van der Waals surface area contributed by atoms with E-state index in [-0.39, 0.29) is 12.1 Å². The summed E-state index contributed by atoms with van der Waals surface area (Å²) in [5.74, 6) is 0.445. The zero-order valence-electron chi connectivity index (χ0n) is 9.17. The highest BCUT2D eigenvalue weighted by Crippen LogP contribution is 2.29. The molecule has 2 rings (SSSR count). The molecule has 0 aliphatic heterocycles. The molecule has 0 spiro atoms. The van der Waals surface area contributed by atoms with Gasteiger partial charge in [-0.2, -0.15) is 13.2 Å². The largest absolute Gasteiger partial charge is 0.417 e. The fraction of sp³-hybridized carbons (Fsp3) is 0.545. The van der Waals surface area contributed by atoms with Crippen LogP contribution in [0.4, 0.5) is 19.0 Å². The van der Waals surface area contributed by atoms with Crippen molar-refractivity contribution >= 4 is 5.82 Å². The lowest BCUT2D eigenvalue weighted by atomic mass is 10.2. The number of pyridine rings is 1. The molecule has 0 radical (unpaired) electrons. The van der Waals surface area contributed by atoms with Crippen LogP contribution >= 0.6 is 0 Å². The average Bonchev–Trinajstić information content (AvgIpc) is 2.64. The number of hydrogen-bond donors (Lipinski definition) is 2. The summed E-state index contributed by atoms with van der Waals surface area (Å²) in [6, 6.07) is 2.53. The molecule has 6 heteroatoms. The van der Waals surface area contributed by atoms with Gasteiger partial charge in [-0.15, -0.1) is 0 Å². The molecule has 1 aliphatic carbocycles. The molecular formula is C11H14F3N3. The second-order valence-corrected chi connectivity index (χ2v) is 4.28. The first-order valence-corrected chi connectivity index (χ1v) is 5.52. The number of nitrogens with one attached hydrogen (secondary N) is 1. The summed E-state index contributed by atoms with van der Waals surface area (Å²) in [5, 5.41) is 3.07. The van der Waals surface area contributed by atoms with Gasteiger partial charge in [-0.05, 0) is 31.4 Å². The molecule has 0 saturated heterocycles. The van der Waals surface area contributed by atoms with Crippen LogP contribution in [0.25, 0.3) is 0 Å². The van der Waals surface area contributed by atoms with Crippen LogP contribution in [0.1, 0.15) is 24.8 Å². The van der Waals surface area contributed by atoms with Crippen LogP contribution in [0.3, 0.4) is 0 Å². The van der Waals surface area contributed by atoms with E-state index in [1.807, 2.05) is 0 Å². The van der Waals surface area contributed by atoms with E-state index in [4.69, 9.17) is 5.73 Å². The molecule has 1 aromatic heterocycles. The minimum atomic E-state index is -4.34. The Kier molecular flexibility index (Phi) is 3.24. The predicted molar refractivity (Wildman–Crippen MR) is 58.5 cm³/mol. The van der Waals surface area contributed by atoms with E-state index in [9.17, 15) is 13.2 Å². The van der Waals surface area contributed by atoms with Gasteiger partial charge in [0.25, 0.3) is 0 Å². The first kappa shape index (κ1) is 12.2. The number of alkyl halides is 3. The molecule has 1 fully saturated rings. The second kappa shape index (κ2) is 4.52. The highest BCUT2D eigenvalue weighted by molar-refractivity contribution is 5.38. The van der Waals surface area contributed by atoms with Crippen LogP contribution in [0, 0.1) is 0 Å². The third-order valence-electron chi connectivity index (χ3n) is 2.99. The van der Waals surface area contributed by atoms with Gasteiger partial charge < -0.3 is 11.1 Å². The van der Waals surface area contributed by atoms with E-state index in [1.165, 1.54) is 6.07 Å². The molecule has 94 valence electrons. The fourth-order valence-electron chi connectivity index (χ4n) is 2.00. The van der Waals surface area contributed by atoms with Crippen molar-refractivity contribution < 1.29 is 13.2 Å². The summed E-state index contributed by atoms with van der Waals surface area (Å²) in [4.78, 5) is 3.76. The Balaban J connectivity index is 2.03. The number of nitrogens with two attached hydrogens (primary N) is 1. The molecule has 1 aliphatic rings. The van der Waals surface area contributed by atoms with E-state index >= 15 is 0 Å². The first-order valence-electron chi connectivity index (χ1n) is 5.52. The third kappa shape index (κ3) is 2.88. The Labute approximate surface area is 97.2 Å². The SMILES string of the molecule is N[C@H]1CCC[C@@H]1Nc1ccc(C(F)(F)F)cn1. The molecule has 2 atom stereocenters. The maximum absolute atomic E-state index is 12.3. The van der Waals surface area contributed by atoms with Gasteiger partial charge in [0, 0.05) is 18.3 Å². The van der Waals surface area contributed by atoms with Crippen LogP contribution in [0.15, 0.2) is 18.3 Å². The van der Waals surface area contributed by atoms with Crippen molar-refractivity contribution in [1.82, 2.24) is 4.98 Å². The number of nitrogens with zero attached hydrogens (tertiary/aromatic N) is 1. The van der Waals surface area contributed by atoms with Gasteiger partial charge >= 0.3 is 6.18 Å². The van der Waals surface area contributed by atoms with E-state index in [0.29, 0.717) is 5.82 Å². The van der Waals surface area contributed by atoms with Crippen molar-refractivity contribution in [3.8, 4) is 0 Å². The molecule has 1 heterocycles. The molecule has 0 aromatic carbocycles. The monoisotopic (exact) mass is 245 g/mol. The van der Waals surface area contributed by atoms with Crippen molar-refractivity contribution in [2.45, 2.75) is 37.5 Å². The highest BCUT2D eigenvalue weighted by Gasteiger charge is 2.31. The smallest absolute Gasteiger partial charge is 0.366 e. The Morgan fingerprint density at radius 2 is 2.06 bits per heavy atom. The molecule has 1 aromatic rings. The summed E-state index contributed by atoms with van der Waals surface area (Å²) in [7, 11) is 0. The third-order valence-corrected chi connectivity index (χ3v) is 2.99. The Morgan fingerprint density at radius 3 is 2.53 bits per heavy atom. The molecule has 0 bridgehead atoms. The second-order valence-electron chi connectivity index (χ2n) is 4.28. The van der Waals surface area contributed by atoms with Crippen LogP contribution in [-0.2, 0) is 6.18 Å². The van der Waals surface area contributed by atoms with Gasteiger partial charge in [-0.1, -0.05) is 0 Å². The molecule has 3 N–H and O–H groups in total. The van der Waals surface area contributed by atoms with Crippen LogP contribution in [0.2, 0.25) is 0 Å². The molecule has 17 heavy (non-hydrogen) atoms. The average molecular weight is 245 g/mol. The minimum Gasteiger partial charge on any atom is -0.366 e. The number of anilines is 1. The Morgan fingerprint density at radius 1 is 1.29 bits per heavy atom. The van der Waals surface area contributed by atoms with Crippen molar-refractivity contribution in [3.63, 3.8) is 0 Å². The molecular weight excluding hydrogens is 231 g/mol. The molecule has 1 saturated carbocycles. The summed E-state index contributed by atoms with van der Waals surface area (Å²) < 4.78 is 36.9. The number of aromatic nitrogens is 1. The van der Waals surface area contributed by atoms with Crippen molar-refractivity contribution in [2.75, 3.05) is 5.32 Å². The zero-order chi connectivity index (χ0) is 12.5. The summed E-state index contributed by atoms with van der Waals surface area (Å²) >= 11 is 0. The van der Waals surface area contributed by atoms with Gasteiger partial charge in [0.15, 0.2) is 0 Å². The van der Waals surface area contributed by atoms with Gasteiger partial charge in [0.2, 0.25) is 0 Å². The maximum atomic E-state index is 12.3. The van der Waals surface area contributed by atoms with Crippen molar-refractivity contribution in [3.05, 3.63) is 23.9 Å². The van der Waals surface area contributed by atoms with Crippen molar-refractivity contribution in [2.24, 2.45) is 5.73 Å². The fourth-order valence-corrected chi connectivity index (χ4v) is 2.00. The summed E-state index contributed by atoms with van der Waals surface area (Å²) in [6.45, 7) is 0. The topological polar surface area (TPSA) is 50.9 Å². The lowest BCUT2D eigenvalue weighted by Gasteiger charge is -2.18. The van der Waals surface area contributed by atoms with Gasteiger partial charge in [0.1, 0.15) is 5.82 Å². The molecule has 0 amide bonds. The van der Waals surface area contributed by atoms with E-state index in [1.54, 1.807) is 0 Å². The first-order chi connectivity index (χ1) is 7.97. The van der Waals surface area contributed by atoms with E-state index in [0.717, 1.165) is 31.5 Å².